The van der Waals surface area contributed by atoms with E-state index < -0.39 is 60.4 Å². The molecule has 0 aliphatic heterocycles. The number of hydrogen-bond donors (Lipinski definition) is 0. The highest BCUT2D eigenvalue weighted by Gasteiger charge is 2.16. The van der Waals surface area contributed by atoms with Crippen molar-refractivity contribution in [2.24, 2.45) is 0 Å². The lowest BCUT2D eigenvalue weighted by atomic mass is 9.98. The molecule has 0 saturated carbocycles. The molecule has 0 unspecified atom stereocenters. The van der Waals surface area contributed by atoms with Crippen molar-refractivity contribution in [3.63, 3.8) is 0 Å². The molecule has 0 spiro atoms. The largest absolute Gasteiger partial charge is 0.208 e. The molecule has 3 nitrogen and oxygen atoms in total. The van der Waals surface area contributed by atoms with Gasteiger partial charge in [-0.2, -0.15) is 0 Å². The van der Waals surface area contributed by atoms with Crippen molar-refractivity contribution in [2.75, 3.05) is 0 Å². The van der Waals surface area contributed by atoms with Crippen molar-refractivity contribution in [1.29, 1.82) is 0 Å². The van der Waals surface area contributed by atoms with Crippen LogP contribution >= 0.6 is 11.3 Å². The van der Waals surface area contributed by atoms with Gasteiger partial charge in [0.05, 0.1) is 13.7 Å². The summed E-state index contributed by atoms with van der Waals surface area (Å²) in [6.07, 6.45) is 0. The fraction of sp³-hybridized carbons (Fsp3) is 0. The van der Waals surface area contributed by atoms with Crippen molar-refractivity contribution in [2.45, 2.75) is 0 Å². The van der Waals surface area contributed by atoms with E-state index in [4.69, 9.17) is 13.7 Å². The van der Waals surface area contributed by atoms with E-state index in [1.54, 1.807) is 17.4 Å². The van der Waals surface area contributed by atoms with Crippen LogP contribution in [-0.4, -0.2) is 15.0 Å². The predicted octanol–water partition coefficient (Wildman–Crippen LogP) is 12.2. The molecule has 0 amide bonds. The number of aromatic nitrogens is 3. The minimum Gasteiger partial charge on any atom is -0.208 e. The first-order valence-corrected chi connectivity index (χ1v) is 16.4. The third kappa shape index (κ3) is 5.48. The summed E-state index contributed by atoms with van der Waals surface area (Å²) in [7, 11) is 0. The number of nitrogens with zero attached hydrogens (tertiary/aromatic N) is 3. The summed E-state index contributed by atoms with van der Waals surface area (Å²) in [6.45, 7) is 0. The minimum absolute atomic E-state index is 0.00947. The van der Waals surface area contributed by atoms with Crippen molar-refractivity contribution >= 4 is 31.5 Å². The van der Waals surface area contributed by atoms with E-state index in [9.17, 15) is 0 Å². The van der Waals surface area contributed by atoms with Gasteiger partial charge >= 0.3 is 0 Å². The molecule has 0 aliphatic carbocycles. The van der Waals surface area contributed by atoms with Gasteiger partial charge in [0, 0.05) is 36.9 Å². The first kappa shape index (κ1) is 20.2. The van der Waals surface area contributed by atoms with Gasteiger partial charge in [-0.3, -0.25) is 0 Å². The van der Waals surface area contributed by atoms with Gasteiger partial charge in [-0.1, -0.05) is 170 Å². The van der Waals surface area contributed by atoms with E-state index in [-0.39, 0.29) is 28.6 Å². The Morgan fingerprint density at radius 3 is 1.41 bits per heavy atom. The Hall–Kier alpha value is -6.23. The Morgan fingerprint density at radius 1 is 0.367 bits per heavy atom. The predicted molar refractivity (Wildman–Crippen MR) is 205 cm³/mol. The molecule has 2 heterocycles. The Bertz CT molecular complexity index is 3020. The lowest BCUT2D eigenvalue weighted by Crippen LogP contribution is -2.00. The number of rotatable bonds is 6. The second kappa shape index (κ2) is 12.4. The second-order valence-electron chi connectivity index (χ2n) is 11.3. The first-order valence-electron chi connectivity index (χ1n) is 20.5. The third-order valence-corrected chi connectivity index (χ3v) is 9.63. The molecule has 0 atom stereocenters. The quantitative estimate of drug-likeness (QED) is 0.179. The fourth-order valence-electron chi connectivity index (χ4n) is 6.03. The zero-order chi connectivity index (χ0) is 41.3. The SMILES string of the molecule is [2H]c1c([2H])c([2H])c(-c2nc(-c3cccc(-c4cccc5c4sc4c(-c6ccc(-c7ccccc7)cc6)cccc45)c3)nc(-c3c([2H])c([2H])c([2H])c([2H])c3[2H])n2)c([2H])c1[2H]. The maximum absolute atomic E-state index is 8.66. The third-order valence-electron chi connectivity index (χ3n) is 8.34. The van der Waals surface area contributed by atoms with E-state index in [0.29, 0.717) is 5.56 Å². The van der Waals surface area contributed by atoms with Crippen LogP contribution in [0.3, 0.4) is 0 Å². The van der Waals surface area contributed by atoms with Crippen LogP contribution in [0.1, 0.15) is 13.7 Å². The second-order valence-corrected chi connectivity index (χ2v) is 12.3. The molecular weight excluding hydrogens is 615 g/mol. The van der Waals surface area contributed by atoms with E-state index in [1.165, 1.54) is 0 Å². The van der Waals surface area contributed by atoms with Crippen LogP contribution in [0.2, 0.25) is 0 Å². The highest BCUT2D eigenvalue weighted by molar-refractivity contribution is 7.26. The van der Waals surface area contributed by atoms with Crippen LogP contribution in [0, 0.1) is 0 Å². The summed E-state index contributed by atoms with van der Waals surface area (Å²) < 4.78 is 86.2. The van der Waals surface area contributed by atoms with Crippen molar-refractivity contribution in [3.05, 3.63) is 176 Å². The normalized spacial score (nSPS) is 14.1. The van der Waals surface area contributed by atoms with Crippen molar-refractivity contribution in [1.82, 2.24) is 15.0 Å². The van der Waals surface area contributed by atoms with Crippen LogP contribution in [0.5, 0.6) is 0 Å². The molecule has 9 aromatic rings. The van der Waals surface area contributed by atoms with Gasteiger partial charge in [-0.15, -0.1) is 11.3 Å². The van der Waals surface area contributed by atoms with E-state index in [0.717, 1.165) is 53.6 Å². The maximum Gasteiger partial charge on any atom is 0.164 e. The van der Waals surface area contributed by atoms with E-state index in [2.05, 4.69) is 75.6 Å². The standard InChI is InChI=1S/C45H29N3S/c1-4-13-30(14-5-1)31-25-27-32(28-26-31)37-21-11-23-39-40-24-12-22-38(42(40)49-41(37)39)35-19-10-20-36(29-35)45-47-43(33-15-6-2-7-16-33)46-44(48-45)34-17-8-3-9-18-34/h1-29H/i2D,3D,6D,7D,8D,9D,15D,16D,17D,18D. The average molecular weight is 654 g/mol. The number of benzene rings is 7. The summed E-state index contributed by atoms with van der Waals surface area (Å²) in [6, 6.07) is 32.9. The van der Waals surface area contributed by atoms with Gasteiger partial charge in [0.25, 0.3) is 0 Å². The molecule has 4 heteroatoms. The summed E-state index contributed by atoms with van der Waals surface area (Å²) in [4.78, 5) is 13.6. The summed E-state index contributed by atoms with van der Waals surface area (Å²) in [5.74, 6) is -0.611. The molecule has 230 valence electrons. The average Bonchev–Trinajstić information content (AvgIpc) is 3.66. The van der Waals surface area contributed by atoms with Crippen LogP contribution < -0.4 is 0 Å². The Morgan fingerprint density at radius 2 is 0.816 bits per heavy atom. The molecule has 0 saturated heterocycles. The summed E-state index contributed by atoms with van der Waals surface area (Å²) in [5, 5.41) is 2.21. The van der Waals surface area contributed by atoms with Crippen LogP contribution in [0.15, 0.2) is 176 Å². The van der Waals surface area contributed by atoms with Crippen molar-refractivity contribution < 1.29 is 13.7 Å². The zero-order valence-electron chi connectivity index (χ0n) is 35.7. The summed E-state index contributed by atoms with van der Waals surface area (Å²) >= 11 is 1.69. The van der Waals surface area contributed by atoms with Gasteiger partial charge in [0.1, 0.15) is 0 Å². The molecule has 2 aromatic heterocycles. The lowest BCUT2D eigenvalue weighted by molar-refractivity contribution is 1.07. The monoisotopic (exact) mass is 653 g/mol. The number of thiophene rings is 1. The minimum atomic E-state index is -0.599. The molecule has 0 bridgehead atoms. The van der Waals surface area contributed by atoms with Gasteiger partial charge in [0.15, 0.2) is 17.5 Å². The Balaban J connectivity index is 1.21. The van der Waals surface area contributed by atoms with Gasteiger partial charge < -0.3 is 0 Å². The number of fused-ring (bicyclic) bond motifs is 3. The molecule has 7 aromatic carbocycles. The zero-order valence-corrected chi connectivity index (χ0v) is 26.5. The molecule has 0 radical (unpaired) electrons. The van der Waals surface area contributed by atoms with E-state index >= 15 is 0 Å². The van der Waals surface area contributed by atoms with Crippen molar-refractivity contribution in [3.8, 4) is 67.5 Å². The van der Waals surface area contributed by atoms with Crippen LogP contribution in [0.4, 0.5) is 0 Å². The highest BCUT2D eigenvalue weighted by atomic mass is 32.1. The van der Waals surface area contributed by atoms with Crippen LogP contribution in [0.25, 0.3) is 87.7 Å². The Labute approximate surface area is 302 Å². The summed E-state index contributed by atoms with van der Waals surface area (Å²) in [5.41, 5.74) is 6.11. The molecule has 0 fully saturated rings. The lowest BCUT2D eigenvalue weighted by Gasteiger charge is -2.10. The molecule has 0 aliphatic rings. The van der Waals surface area contributed by atoms with Gasteiger partial charge in [-0.25, -0.2) is 15.0 Å². The van der Waals surface area contributed by atoms with Crippen LogP contribution in [-0.2, 0) is 0 Å². The highest BCUT2D eigenvalue weighted by Crippen LogP contribution is 2.44. The topological polar surface area (TPSA) is 38.7 Å². The van der Waals surface area contributed by atoms with Gasteiger partial charge in [0.2, 0.25) is 0 Å². The van der Waals surface area contributed by atoms with E-state index in [1.807, 2.05) is 48.5 Å². The van der Waals surface area contributed by atoms with Gasteiger partial charge in [-0.05, 0) is 39.4 Å². The number of hydrogen-bond acceptors (Lipinski definition) is 4. The molecule has 0 N–H and O–H groups in total. The smallest absolute Gasteiger partial charge is 0.164 e. The molecular formula is C45H29N3S. The maximum atomic E-state index is 8.66. The fourth-order valence-corrected chi connectivity index (χ4v) is 7.40. The Kier molecular flexibility index (Phi) is 5.12. The first-order chi connectivity index (χ1) is 28.4. The molecule has 49 heavy (non-hydrogen) atoms. The molecule has 9 rings (SSSR count).